The zero-order valence-electron chi connectivity index (χ0n) is 10.2. The lowest BCUT2D eigenvalue weighted by Gasteiger charge is -2.35. The number of aromatic nitrogens is 2. The van der Waals surface area contributed by atoms with Crippen LogP contribution in [0.5, 0.6) is 0 Å². The number of hydrogen-bond donors (Lipinski definition) is 1. The molecule has 0 aromatic carbocycles. The third-order valence-corrected chi connectivity index (χ3v) is 3.10. The molecule has 1 aliphatic heterocycles. The Kier molecular flexibility index (Phi) is 3.05. The van der Waals surface area contributed by atoms with Crippen molar-refractivity contribution in [2.75, 3.05) is 30.4 Å². The van der Waals surface area contributed by atoms with Gasteiger partial charge in [-0.15, -0.1) is 0 Å². The Morgan fingerprint density at radius 1 is 1.56 bits per heavy atom. The summed E-state index contributed by atoms with van der Waals surface area (Å²) in [5.41, 5.74) is 7.94. The van der Waals surface area contributed by atoms with Crippen LogP contribution in [0.4, 0.5) is 11.5 Å². The predicted octanol–water partition coefficient (Wildman–Crippen LogP) is 0.790. The molecular formula is C11H20N4O. The SMILES string of the molecule is CCc1nn(C)c(N2CCOCC2C)c1N. The quantitative estimate of drug-likeness (QED) is 0.807. The summed E-state index contributed by atoms with van der Waals surface area (Å²) in [6.07, 6.45) is 0.873. The fraction of sp³-hybridized carbons (Fsp3) is 0.727. The Bertz CT molecular complexity index is 374. The van der Waals surface area contributed by atoms with Crippen molar-refractivity contribution in [1.29, 1.82) is 0 Å². The molecule has 1 atom stereocenters. The predicted molar refractivity (Wildman–Crippen MR) is 64.6 cm³/mol. The van der Waals surface area contributed by atoms with Crippen molar-refractivity contribution < 1.29 is 4.74 Å². The van der Waals surface area contributed by atoms with E-state index >= 15 is 0 Å². The van der Waals surface area contributed by atoms with Crippen molar-refractivity contribution in [3.8, 4) is 0 Å². The molecule has 0 radical (unpaired) electrons. The van der Waals surface area contributed by atoms with E-state index in [4.69, 9.17) is 10.5 Å². The summed E-state index contributed by atoms with van der Waals surface area (Å²) in [6, 6.07) is 0.358. The standard InChI is InChI=1S/C11H20N4O/c1-4-9-10(12)11(14(3)13-9)15-5-6-16-7-8(15)2/h8H,4-7,12H2,1-3H3. The summed E-state index contributed by atoms with van der Waals surface area (Å²) in [5.74, 6) is 1.03. The maximum atomic E-state index is 6.14. The lowest BCUT2D eigenvalue weighted by molar-refractivity contribution is 0.0982. The average Bonchev–Trinajstić information content (AvgIpc) is 2.55. The second-order valence-corrected chi connectivity index (χ2v) is 4.28. The maximum absolute atomic E-state index is 6.14. The van der Waals surface area contributed by atoms with E-state index in [1.165, 1.54) is 0 Å². The second kappa shape index (κ2) is 4.33. The van der Waals surface area contributed by atoms with E-state index in [9.17, 15) is 0 Å². The van der Waals surface area contributed by atoms with Gasteiger partial charge in [-0.05, 0) is 13.3 Å². The highest BCUT2D eigenvalue weighted by Crippen LogP contribution is 2.28. The van der Waals surface area contributed by atoms with Gasteiger partial charge in [0.05, 0.1) is 30.6 Å². The fourth-order valence-corrected chi connectivity index (χ4v) is 2.23. The number of hydrogen-bond acceptors (Lipinski definition) is 4. The molecule has 0 bridgehead atoms. The molecule has 2 rings (SSSR count). The molecule has 5 heteroatoms. The molecule has 0 amide bonds. The normalized spacial score (nSPS) is 21.4. The number of morpholine rings is 1. The van der Waals surface area contributed by atoms with Crippen molar-refractivity contribution in [3.05, 3.63) is 5.69 Å². The van der Waals surface area contributed by atoms with Crippen LogP contribution in [0.25, 0.3) is 0 Å². The molecule has 1 aromatic heterocycles. The minimum Gasteiger partial charge on any atom is -0.394 e. The molecule has 1 fully saturated rings. The molecule has 1 unspecified atom stereocenters. The third-order valence-electron chi connectivity index (χ3n) is 3.10. The first-order valence-corrected chi connectivity index (χ1v) is 5.80. The second-order valence-electron chi connectivity index (χ2n) is 4.28. The van der Waals surface area contributed by atoms with E-state index in [0.29, 0.717) is 6.04 Å². The van der Waals surface area contributed by atoms with Crippen LogP contribution in [-0.4, -0.2) is 35.6 Å². The molecule has 5 nitrogen and oxygen atoms in total. The third kappa shape index (κ3) is 1.75. The Morgan fingerprint density at radius 2 is 2.31 bits per heavy atom. The van der Waals surface area contributed by atoms with Gasteiger partial charge in [0.25, 0.3) is 0 Å². The number of nitrogens with two attached hydrogens (primary N) is 1. The van der Waals surface area contributed by atoms with E-state index in [-0.39, 0.29) is 0 Å². The summed E-state index contributed by atoms with van der Waals surface area (Å²) in [6.45, 7) is 6.62. The summed E-state index contributed by atoms with van der Waals surface area (Å²) >= 11 is 0. The van der Waals surface area contributed by atoms with Crippen LogP contribution < -0.4 is 10.6 Å². The number of nitrogen functional groups attached to an aromatic ring is 1. The first-order valence-electron chi connectivity index (χ1n) is 5.80. The van der Waals surface area contributed by atoms with Gasteiger partial charge in [0.15, 0.2) is 5.82 Å². The Labute approximate surface area is 96.2 Å². The van der Waals surface area contributed by atoms with Crippen LogP contribution in [-0.2, 0) is 18.2 Å². The lowest BCUT2D eigenvalue weighted by Crippen LogP contribution is -2.44. The number of aryl methyl sites for hydroxylation is 2. The minimum atomic E-state index is 0.358. The van der Waals surface area contributed by atoms with Crippen LogP contribution in [0.15, 0.2) is 0 Å². The molecule has 0 saturated carbocycles. The molecule has 1 aliphatic rings. The van der Waals surface area contributed by atoms with Gasteiger partial charge in [0.2, 0.25) is 0 Å². The first kappa shape index (κ1) is 11.3. The van der Waals surface area contributed by atoms with Gasteiger partial charge in [0, 0.05) is 13.6 Å². The average molecular weight is 224 g/mol. The van der Waals surface area contributed by atoms with Gasteiger partial charge in [-0.1, -0.05) is 6.92 Å². The molecule has 16 heavy (non-hydrogen) atoms. The summed E-state index contributed by atoms with van der Waals surface area (Å²) in [5, 5.41) is 4.45. The van der Waals surface area contributed by atoms with Crippen molar-refractivity contribution in [3.63, 3.8) is 0 Å². The fourth-order valence-electron chi connectivity index (χ4n) is 2.23. The van der Waals surface area contributed by atoms with Gasteiger partial charge in [-0.3, -0.25) is 4.68 Å². The number of anilines is 2. The zero-order chi connectivity index (χ0) is 11.7. The molecule has 90 valence electrons. The Hall–Kier alpha value is -1.23. The smallest absolute Gasteiger partial charge is 0.150 e. The van der Waals surface area contributed by atoms with Crippen molar-refractivity contribution in [2.45, 2.75) is 26.3 Å². The number of nitrogens with zero attached hydrogens (tertiary/aromatic N) is 3. The molecule has 0 spiro atoms. The Morgan fingerprint density at radius 3 is 2.88 bits per heavy atom. The first-order chi connectivity index (χ1) is 7.65. The van der Waals surface area contributed by atoms with Gasteiger partial charge < -0.3 is 15.4 Å². The minimum absolute atomic E-state index is 0.358. The van der Waals surface area contributed by atoms with Gasteiger partial charge in [-0.25, -0.2) is 0 Å². The number of ether oxygens (including phenoxy) is 1. The van der Waals surface area contributed by atoms with Crippen molar-refractivity contribution in [1.82, 2.24) is 9.78 Å². The highest BCUT2D eigenvalue weighted by atomic mass is 16.5. The van der Waals surface area contributed by atoms with E-state index in [2.05, 4.69) is 23.8 Å². The Balaban J connectivity index is 2.34. The maximum Gasteiger partial charge on any atom is 0.150 e. The van der Waals surface area contributed by atoms with Crippen LogP contribution >= 0.6 is 0 Å². The summed E-state index contributed by atoms with van der Waals surface area (Å²) < 4.78 is 7.32. The van der Waals surface area contributed by atoms with Crippen LogP contribution in [0.2, 0.25) is 0 Å². The molecule has 2 N–H and O–H groups in total. The van der Waals surface area contributed by atoms with E-state index in [1.807, 2.05) is 11.7 Å². The number of rotatable bonds is 2. The monoisotopic (exact) mass is 224 g/mol. The van der Waals surface area contributed by atoms with Crippen molar-refractivity contribution in [2.24, 2.45) is 7.05 Å². The van der Waals surface area contributed by atoms with Gasteiger partial charge in [-0.2, -0.15) is 5.10 Å². The highest BCUT2D eigenvalue weighted by molar-refractivity contribution is 5.67. The van der Waals surface area contributed by atoms with E-state index in [0.717, 1.165) is 43.4 Å². The summed E-state index contributed by atoms with van der Waals surface area (Å²) in [7, 11) is 1.95. The molecule has 1 aromatic rings. The molecule has 2 heterocycles. The lowest BCUT2D eigenvalue weighted by atomic mass is 10.2. The summed E-state index contributed by atoms with van der Waals surface area (Å²) in [4.78, 5) is 2.28. The van der Waals surface area contributed by atoms with E-state index in [1.54, 1.807) is 0 Å². The van der Waals surface area contributed by atoms with E-state index < -0.39 is 0 Å². The van der Waals surface area contributed by atoms with Crippen LogP contribution in [0.3, 0.4) is 0 Å². The largest absolute Gasteiger partial charge is 0.394 e. The topological polar surface area (TPSA) is 56.3 Å². The molecular weight excluding hydrogens is 204 g/mol. The molecule has 1 saturated heterocycles. The van der Waals surface area contributed by atoms with Crippen molar-refractivity contribution >= 4 is 11.5 Å². The highest BCUT2D eigenvalue weighted by Gasteiger charge is 2.25. The van der Waals surface area contributed by atoms with Crippen LogP contribution in [0, 0.1) is 0 Å². The zero-order valence-corrected chi connectivity index (χ0v) is 10.2. The van der Waals surface area contributed by atoms with Gasteiger partial charge in [0.1, 0.15) is 0 Å². The van der Waals surface area contributed by atoms with Gasteiger partial charge >= 0.3 is 0 Å². The molecule has 0 aliphatic carbocycles. The van der Waals surface area contributed by atoms with Crippen LogP contribution in [0.1, 0.15) is 19.5 Å².